The summed E-state index contributed by atoms with van der Waals surface area (Å²) in [5.41, 5.74) is 9.52. The predicted octanol–water partition coefficient (Wildman–Crippen LogP) is 3.59. The van der Waals surface area contributed by atoms with Crippen molar-refractivity contribution in [3.05, 3.63) is 83.9 Å². The number of fused-ring (bicyclic) bond motifs is 1. The molecule has 1 aromatic carbocycles. The van der Waals surface area contributed by atoms with Gasteiger partial charge in [0.25, 0.3) is 0 Å². The normalized spacial score (nSPS) is 15.1. The van der Waals surface area contributed by atoms with Gasteiger partial charge in [0.05, 0.1) is 22.2 Å². The molecule has 1 saturated heterocycles. The maximum atomic E-state index is 12.7. The SMILES string of the molecule is CS(=O)(=O)c1ccccc1CN1CCN(c2ccc(-c3cc(C(C=NC(F)F)=CN)cn4ncc(C#N)c34)cn2)CC1. The highest BCUT2D eigenvalue weighted by molar-refractivity contribution is 7.90. The Labute approximate surface area is 241 Å². The predicted molar refractivity (Wildman–Crippen MR) is 157 cm³/mol. The van der Waals surface area contributed by atoms with Crippen molar-refractivity contribution in [2.45, 2.75) is 18.0 Å². The molecule has 4 aromatic rings. The second-order valence-electron chi connectivity index (χ2n) is 9.83. The number of nitriles is 1. The van der Waals surface area contributed by atoms with Gasteiger partial charge >= 0.3 is 6.55 Å². The maximum absolute atomic E-state index is 12.7. The summed E-state index contributed by atoms with van der Waals surface area (Å²) < 4.78 is 51.3. The highest BCUT2D eigenvalue weighted by atomic mass is 32.2. The number of sulfone groups is 1. The van der Waals surface area contributed by atoms with Crippen molar-refractivity contribution in [1.82, 2.24) is 19.5 Å². The Kier molecular flexibility index (Phi) is 8.28. The topological polar surface area (TPSA) is 133 Å². The van der Waals surface area contributed by atoms with E-state index in [1.54, 1.807) is 30.6 Å². The van der Waals surface area contributed by atoms with E-state index in [9.17, 15) is 22.5 Å². The summed E-state index contributed by atoms with van der Waals surface area (Å²) in [6.45, 7) is 0.564. The minimum Gasteiger partial charge on any atom is -0.404 e. The lowest BCUT2D eigenvalue weighted by atomic mass is 10.0. The molecular weight excluding hydrogens is 562 g/mol. The van der Waals surface area contributed by atoms with Crippen LogP contribution in [0.2, 0.25) is 0 Å². The van der Waals surface area contributed by atoms with Crippen molar-refractivity contribution in [3.63, 3.8) is 0 Å². The molecule has 5 rings (SSSR count). The number of alkyl halides is 2. The number of hydrogen-bond donors (Lipinski definition) is 1. The fraction of sp³-hybridized carbons (Fsp3) is 0.241. The summed E-state index contributed by atoms with van der Waals surface area (Å²) in [7, 11) is -3.31. The molecule has 0 spiro atoms. The Bertz CT molecular complexity index is 1800. The second-order valence-corrected chi connectivity index (χ2v) is 11.8. The van der Waals surface area contributed by atoms with Crippen LogP contribution in [-0.2, 0) is 16.4 Å². The van der Waals surface area contributed by atoms with Crippen LogP contribution in [0, 0.1) is 11.3 Å². The number of halogens is 2. The van der Waals surface area contributed by atoms with Crippen LogP contribution in [0.1, 0.15) is 16.7 Å². The molecule has 2 N–H and O–H groups in total. The third kappa shape index (κ3) is 6.14. The van der Waals surface area contributed by atoms with Gasteiger partial charge in [0.1, 0.15) is 11.9 Å². The Morgan fingerprint density at radius 2 is 1.93 bits per heavy atom. The summed E-state index contributed by atoms with van der Waals surface area (Å²) >= 11 is 0. The van der Waals surface area contributed by atoms with E-state index in [2.05, 4.69) is 30.9 Å². The molecule has 0 saturated carbocycles. The van der Waals surface area contributed by atoms with Crippen molar-refractivity contribution < 1.29 is 17.2 Å². The Morgan fingerprint density at radius 3 is 2.57 bits per heavy atom. The fourth-order valence-corrected chi connectivity index (χ4v) is 5.97. The largest absolute Gasteiger partial charge is 0.404 e. The molecule has 0 unspecified atom stereocenters. The van der Waals surface area contributed by atoms with Crippen LogP contribution in [0.3, 0.4) is 0 Å². The molecule has 10 nitrogen and oxygen atoms in total. The molecule has 1 fully saturated rings. The highest BCUT2D eigenvalue weighted by Crippen LogP contribution is 2.31. The Balaban J connectivity index is 1.36. The van der Waals surface area contributed by atoms with E-state index < -0.39 is 16.4 Å². The molecule has 0 bridgehead atoms. The molecule has 0 amide bonds. The average molecular weight is 591 g/mol. The van der Waals surface area contributed by atoms with Crippen molar-refractivity contribution in [3.8, 4) is 17.2 Å². The fourth-order valence-electron chi connectivity index (χ4n) is 5.04. The van der Waals surface area contributed by atoms with E-state index in [1.807, 2.05) is 24.3 Å². The molecule has 216 valence electrons. The van der Waals surface area contributed by atoms with Crippen LogP contribution < -0.4 is 10.6 Å². The molecule has 4 heterocycles. The van der Waals surface area contributed by atoms with Gasteiger partial charge in [-0.3, -0.25) is 4.90 Å². The van der Waals surface area contributed by atoms with Crippen LogP contribution >= 0.6 is 0 Å². The number of nitrogens with two attached hydrogens (primary N) is 1. The highest BCUT2D eigenvalue weighted by Gasteiger charge is 2.21. The molecule has 0 atom stereocenters. The zero-order valence-corrected chi connectivity index (χ0v) is 23.5. The lowest BCUT2D eigenvalue weighted by Crippen LogP contribution is -2.46. The third-order valence-corrected chi connectivity index (χ3v) is 8.29. The first-order valence-corrected chi connectivity index (χ1v) is 14.9. The number of nitrogens with zero attached hydrogens (tertiary/aromatic N) is 7. The number of anilines is 1. The number of aromatic nitrogens is 3. The van der Waals surface area contributed by atoms with E-state index in [-0.39, 0.29) is 5.57 Å². The van der Waals surface area contributed by atoms with Crippen LogP contribution in [0.15, 0.2) is 77.1 Å². The third-order valence-electron chi connectivity index (χ3n) is 7.09. The molecule has 42 heavy (non-hydrogen) atoms. The molecule has 3 aromatic heterocycles. The summed E-state index contributed by atoms with van der Waals surface area (Å²) in [5.74, 6) is 0.780. The first kappa shape index (κ1) is 28.8. The van der Waals surface area contributed by atoms with Gasteiger partial charge in [-0.25, -0.2) is 22.9 Å². The molecule has 0 aliphatic carbocycles. The van der Waals surface area contributed by atoms with Gasteiger partial charge in [0.15, 0.2) is 9.84 Å². The Hall–Kier alpha value is -4.67. The minimum absolute atomic E-state index is 0.272. The number of allylic oxidation sites excluding steroid dienone is 1. The number of piperazine rings is 1. The zero-order chi connectivity index (χ0) is 29.9. The smallest absolute Gasteiger partial charge is 0.331 e. The lowest BCUT2D eigenvalue weighted by Gasteiger charge is -2.35. The van der Waals surface area contributed by atoms with Crippen LogP contribution in [-0.4, -0.2) is 73.1 Å². The number of hydrogen-bond acceptors (Lipinski definition) is 9. The minimum atomic E-state index is -3.31. The van der Waals surface area contributed by atoms with Gasteiger partial charge in [0, 0.05) is 86.1 Å². The average Bonchev–Trinajstić information content (AvgIpc) is 3.40. The monoisotopic (exact) mass is 590 g/mol. The Morgan fingerprint density at radius 1 is 1.17 bits per heavy atom. The summed E-state index contributed by atoms with van der Waals surface area (Å²) in [5, 5.41) is 13.9. The standard InChI is InChI=1S/C29H28F2N8O2S/c1-42(40,41)26-5-3-2-4-21(26)18-37-8-10-38(11-9-37)27-7-6-20(15-34-27)25-12-22(23(13-32)16-35-29(30)31)19-39-28(25)24(14-33)17-36-39/h2-7,12-13,15-17,19,29H,8-11,18,32H2,1H3. The van der Waals surface area contributed by atoms with Gasteiger partial charge in [-0.05, 0) is 29.8 Å². The van der Waals surface area contributed by atoms with Crippen molar-refractivity contribution in [1.29, 1.82) is 5.26 Å². The molecule has 1 aliphatic heterocycles. The molecule has 0 radical (unpaired) electrons. The summed E-state index contributed by atoms with van der Waals surface area (Å²) in [6, 6.07) is 14.8. The van der Waals surface area contributed by atoms with Crippen LogP contribution in [0.25, 0.3) is 22.2 Å². The molecular formula is C29H28F2N8O2S. The van der Waals surface area contributed by atoms with E-state index >= 15 is 0 Å². The van der Waals surface area contributed by atoms with Gasteiger partial charge in [-0.2, -0.15) is 19.1 Å². The van der Waals surface area contributed by atoms with Gasteiger partial charge in [-0.1, -0.05) is 18.2 Å². The van der Waals surface area contributed by atoms with E-state index in [0.29, 0.717) is 52.3 Å². The quantitative estimate of drug-likeness (QED) is 0.243. The maximum Gasteiger partial charge on any atom is 0.331 e. The van der Waals surface area contributed by atoms with E-state index in [1.165, 1.54) is 23.2 Å². The first-order chi connectivity index (χ1) is 20.2. The zero-order valence-electron chi connectivity index (χ0n) is 22.7. The number of benzene rings is 1. The number of pyridine rings is 2. The first-order valence-electron chi connectivity index (χ1n) is 13.0. The van der Waals surface area contributed by atoms with E-state index in [4.69, 9.17) is 5.73 Å². The lowest BCUT2D eigenvalue weighted by molar-refractivity contribution is 0.161. The van der Waals surface area contributed by atoms with Gasteiger partial charge < -0.3 is 10.6 Å². The second kappa shape index (κ2) is 12.1. The number of rotatable bonds is 8. The van der Waals surface area contributed by atoms with Crippen LogP contribution in [0.4, 0.5) is 14.6 Å². The van der Waals surface area contributed by atoms with Crippen molar-refractivity contribution in [2.24, 2.45) is 10.7 Å². The van der Waals surface area contributed by atoms with Crippen molar-refractivity contribution in [2.75, 3.05) is 37.3 Å². The molecule has 1 aliphatic rings. The molecule has 13 heteroatoms. The van der Waals surface area contributed by atoms with Gasteiger partial charge in [-0.15, -0.1) is 0 Å². The van der Waals surface area contributed by atoms with E-state index in [0.717, 1.165) is 30.7 Å². The number of aliphatic imine (C=N–C) groups is 1. The van der Waals surface area contributed by atoms with Gasteiger partial charge in [0.2, 0.25) is 0 Å². The van der Waals surface area contributed by atoms with Crippen LogP contribution in [0.5, 0.6) is 0 Å². The summed E-state index contributed by atoms with van der Waals surface area (Å²) in [4.78, 5) is 12.6. The summed E-state index contributed by atoms with van der Waals surface area (Å²) in [6.07, 6.45) is 8.17. The van der Waals surface area contributed by atoms with Crippen molar-refractivity contribution >= 4 is 33.0 Å².